The molecule has 0 radical (unpaired) electrons. The highest BCUT2D eigenvalue weighted by molar-refractivity contribution is 5.86. The van der Waals surface area contributed by atoms with Gasteiger partial charge in [-0.25, -0.2) is 0 Å². The van der Waals surface area contributed by atoms with E-state index in [4.69, 9.17) is 10.7 Å². The van der Waals surface area contributed by atoms with E-state index in [0.29, 0.717) is 0 Å². The standard InChI is InChI=1S/C28H28N4/c1-27(2)16-24-22(26-23(27)17-30-32-26)15-21(18-7-4-3-5-8-18)25(31-24)19-9-11-20(12-10-19)28(29)13-6-14-28/h3-5,7-12,15,17H,6,13-14,16,29H2,1-2H3,(H,30,32). The SMILES string of the molecule is CC1(C)Cc2nc(-c3ccc(C4(N)CCC4)cc3)c(-c3ccccc3)cc2-c2[nH]ncc21. The molecular weight excluding hydrogens is 392 g/mol. The number of nitrogens with two attached hydrogens (primary N) is 1. The zero-order valence-electron chi connectivity index (χ0n) is 18.7. The number of hydrogen-bond donors (Lipinski definition) is 2. The molecule has 0 saturated heterocycles. The number of hydrogen-bond acceptors (Lipinski definition) is 3. The van der Waals surface area contributed by atoms with Crippen LogP contribution in [0.25, 0.3) is 33.6 Å². The predicted octanol–water partition coefficient (Wildman–Crippen LogP) is 5.98. The first-order valence-electron chi connectivity index (χ1n) is 11.5. The topological polar surface area (TPSA) is 67.6 Å². The maximum atomic E-state index is 6.56. The van der Waals surface area contributed by atoms with Crippen molar-refractivity contribution < 1.29 is 0 Å². The van der Waals surface area contributed by atoms with Gasteiger partial charge in [0.1, 0.15) is 0 Å². The van der Waals surface area contributed by atoms with Crippen molar-refractivity contribution in [2.75, 3.05) is 0 Å². The Bertz CT molecular complexity index is 1300. The summed E-state index contributed by atoms with van der Waals surface area (Å²) in [6, 6.07) is 21.6. The summed E-state index contributed by atoms with van der Waals surface area (Å²) in [5.74, 6) is 0. The minimum absolute atomic E-state index is 0.00607. The van der Waals surface area contributed by atoms with Crippen LogP contribution in [0.3, 0.4) is 0 Å². The lowest BCUT2D eigenvalue weighted by Crippen LogP contribution is -2.43. The molecule has 2 aliphatic rings. The number of fused-ring (bicyclic) bond motifs is 3. The first kappa shape index (κ1) is 19.4. The number of aromatic amines is 1. The molecule has 1 fully saturated rings. The zero-order chi connectivity index (χ0) is 21.9. The van der Waals surface area contributed by atoms with E-state index in [1.807, 2.05) is 6.20 Å². The fraction of sp³-hybridized carbons (Fsp3) is 0.286. The largest absolute Gasteiger partial charge is 0.321 e. The molecule has 4 heteroatoms. The van der Waals surface area contributed by atoms with Crippen LogP contribution in [0.4, 0.5) is 0 Å². The van der Waals surface area contributed by atoms with E-state index in [1.165, 1.54) is 23.1 Å². The van der Waals surface area contributed by atoms with Crippen LogP contribution >= 0.6 is 0 Å². The lowest BCUT2D eigenvalue weighted by Gasteiger charge is -2.38. The van der Waals surface area contributed by atoms with Crippen molar-refractivity contribution >= 4 is 0 Å². The summed E-state index contributed by atoms with van der Waals surface area (Å²) in [6.07, 6.45) is 6.21. The summed E-state index contributed by atoms with van der Waals surface area (Å²) in [5.41, 5.74) is 16.8. The van der Waals surface area contributed by atoms with Crippen molar-refractivity contribution in [3.8, 4) is 33.6 Å². The van der Waals surface area contributed by atoms with E-state index in [9.17, 15) is 0 Å². The van der Waals surface area contributed by atoms with E-state index in [0.717, 1.165) is 53.0 Å². The minimum atomic E-state index is -0.148. The second kappa shape index (κ2) is 6.88. The average molecular weight is 421 g/mol. The van der Waals surface area contributed by atoms with Crippen LogP contribution in [0, 0.1) is 0 Å². The molecule has 2 heterocycles. The maximum absolute atomic E-state index is 6.56. The molecular formula is C28H28N4. The van der Waals surface area contributed by atoms with Gasteiger partial charge in [-0.15, -0.1) is 0 Å². The van der Waals surface area contributed by atoms with Gasteiger partial charge < -0.3 is 5.73 Å². The molecule has 0 bridgehead atoms. The fourth-order valence-electron chi connectivity index (χ4n) is 5.29. The highest BCUT2D eigenvalue weighted by Crippen LogP contribution is 2.45. The summed E-state index contributed by atoms with van der Waals surface area (Å²) in [4.78, 5) is 5.28. The minimum Gasteiger partial charge on any atom is -0.321 e. The highest BCUT2D eigenvalue weighted by Gasteiger charge is 2.35. The lowest BCUT2D eigenvalue weighted by molar-refractivity contribution is 0.253. The van der Waals surface area contributed by atoms with Crippen molar-refractivity contribution in [3.63, 3.8) is 0 Å². The first-order chi connectivity index (χ1) is 15.4. The smallest absolute Gasteiger partial charge is 0.0784 e. The summed E-state index contributed by atoms with van der Waals surface area (Å²) in [6.45, 7) is 4.54. The molecule has 0 aliphatic heterocycles. The number of nitrogens with zero attached hydrogens (tertiary/aromatic N) is 2. The molecule has 3 N–H and O–H groups in total. The molecule has 2 aliphatic carbocycles. The molecule has 4 nitrogen and oxygen atoms in total. The molecule has 2 aromatic heterocycles. The van der Waals surface area contributed by atoms with Gasteiger partial charge in [0, 0.05) is 27.8 Å². The third-order valence-electron chi connectivity index (χ3n) is 7.41. The first-order valence-corrected chi connectivity index (χ1v) is 11.5. The quantitative estimate of drug-likeness (QED) is 0.428. The molecule has 4 aromatic rings. The predicted molar refractivity (Wildman–Crippen MR) is 129 cm³/mol. The van der Waals surface area contributed by atoms with Crippen LogP contribution in [0.15, 0.2) is 66.9 Å². The van der Waals surface area contributed by atoms with Crippen molar-refractivity contribution in [2.24, 2.45) is 5.73 Å². The van der Waals surface area contributed by atoms with Gasteiger partial charge in [-0.05, 0) is 48.3 Å². The Kier molecular flexibility index (Phi) is 4.18. The van der Waals surface area contributed by atoms with Crippen LogP contribution in [-0.4, -0.2) is 15.2 Å². The highest BCUT2D eigenvalue weighted by atomic mass is 15.1. The number of aromatic nitrogens is 3. The van der Waals surface area contributed by atoms with Crippen LogP contribution in [0.5, 0.6) is 0 Å². The summed E-state index contributed by atoms with van der Waals surface area (Å²) < 4.78 is 0. The van der Waals surface area contributed by atoms with Crippen molar-refractivity contribution in [1.29, 1.82) is 0 Å². The number of pyridine rings is 1. The van der Waals surface area contributed by atoms with Gasteiger partial charge in [-0.1, -0.05) is 68.4 Å². The Hall–Kier alpha value is -3.24. The van der Waals surface area contributed by atoms with Gasteiger partial charge in [-0.3, -0.25) is 10.1 Å². The number of rotatable bonds is 3. The van der Waals surface area contributed by atoms with Crippen LogP contribution in [0.1, 0.15) is 49.9 Å². The normalized spacial score (nSPS) is 17.8. The van der Waals surface area contributed by atoms with E-state index in [2.05, 4.69) is 84.7 Å². The van der Waals surface area contributed by atoms with Gasteiger partial charge in [0.25, 0.3) is 0 Å². The zero-order valence-corrected chi connectivity index (χ0v) is 18.7. The Morgan fingerprint density at radius 2 is 1.66 bits per heavy atom. The van der Waals surface area contributed by atoms with Gasteiger partial charge in [-0.2, -0.15) is 5.10 Å². The molecule has 0 amide bonds. The molecule has 32 heavy (non-hydrogen) atoms. The number of nitrogens with one attached hydrogen (secondary N) is 1. The summed E-state index contributed by atoms with van der Waals surface area (Å²) in [5, 5.41) is 7.60. The van der Waals surface area contributed by atoms with Crippen LogP contribution in [0.2, 0.25) is 0 Å². The Morgan fingerprint density at radius 3 is 2.34 bits per heavy atom. The molecule has 0 atom stereocenters. The second-order valence-electron chi connectivity index (χ2n) is 10.1. The molecule has 1 saturated carbocycles. The lowest BCUT2D eigenvalue weighted by atomic mass is 9.72. The van der Waals surface area contributed by atoms with Crippen LogP contribution in [-0.2, 0) is 17.4 Å². The summed E-state index contributed by atoms with van der Waals surface area (Å²) in [7, 11) is 0. The third-order valence-corrected chi connectivity index (χ3v) is 7.41. The van der Waals surface area contributed by atoms with Gasteiger partial charge in [0.2, 0.25) is 0 Å². The molecule has 0 unspecified atom stereocenters. The number of H-pyrrole nitrogens is 1. The monoisotopic (exact) mass is 420 g/mol. The van der Waals surface area contributed by atoms with Crippen molar-refractivity contribution in [1.82, 2.24) is 15.2 Å². The van der Waals surface area contributed by atoms with Crippen molar-refractivity contribution in [2.45, 2.75) is 50.5 Å². The van der Waals surface area contributed by atoms with Crippen LogP contribution < -0.4 is 5.73 Å². The molecule has 0 spiro atoms. The number of benzene rings is 2. The Labute approximate surface area is 188 Å². The Morgan fingerprint density at radius 1 is 0.906 bits per heavy atom. The van der Waals surface area contributed by atoms with E-state index >= 15 is 0 Å². The molecule has 2 aromatic carbocycles. The molecule has 160 valence electrons. The van der Waals surface area contributed by atoms with Gasteiger partial charge in [0.05, 0.1) is 23.3 Å². The van der Waals surface area contributed by atoms with Gasteiger partial charge in [0.15, 0.2) is 0 Å². The summed E-state index contributed by atoms with van der Waals surface area (Å²) >= 11 is 0. The second-order valence-corrected chi connectivity index (χ2v) is 10.1. The maximum Gasteiger partial charge on any atom is 0.0784 e. The fourth-order valence-corrected chi connectivity index (χ4v) is 5.29. The average Bonchev–Trinajstić information content (AvgIpc) is 3.29. The van der Waals surface area contributed by atoms with E-state index in [-0.39, 0.29) is 11.0 Å². The Balaban J connectivity index is 1.54. The molecule has 6 rings (SSSR count). The third kappa shape index (κ3) is 2.94. The van der Waals surface area contributed by atoms with E-state index < -0.39 is 0 Å². The van der Waals surface area contributed by atoms with Gasteiger partial charge >= 0.3 is 0 Å². The van der Waals surface area contributed by atoms with E-state index in [1.54, 1.807) is 0 Å². The van der Waals surface area contributed by atoms with Crippen molar-refractivity contribution in [3.05, 3.63) is 83.7 Å².